The van der Waals surface area contributed by atoms with Crippen molar-refractivity contribution in [2.45, 2.75) is 6.54 Å². The maximum absolute atomic E-state index is 6.48. The monoisotopic (exact) mass is 484 g/mol. The molecule has 1 aliphatic rings. The Kier molecular flexibility index (Phi) is 5.67. The summed E-state index contributed by atoms with van der Waals surface area (Å²) >= 11 is 6.48. The predicted molar refractivity (Wildman–Crippen MR) is 137 cm³/mol. The molecule has 5 aromatic rings. The van der Waals surface area contributed by atoms with Gasteiger partial charge in [0.15, 0.2) is 0 Å². The van der Waals surface area contributed by atoms with Crippen molar-refractivity contribution in [2.24, 2.45) is 7.05 Å². The Morgan fingerprint density at radius 2 is 1.69 bits per heavy atom. The number of fused-ring (bicyclic) bond motifs is 1. The topological polar surface area (TPSA) is 67.4 Å². The summed E-state index contributed by atoms with van der Waals surface area (Å²) in [7, 11) is 1.89. The second kappa shape index (κ2) is 9.13. The van der Waals surface area contributed by atoms with Crippen LogP contribution in [-0.2, 0) is 13.6 Å². The molecule has 6 rings (SSSR count). The van der Waals surface area contributed by atoms with Crippen LogP contribution in [0.2, 0.25) is 5.02 Å². The van der Waals surface area contributed by atoms with Gasteiger partial charge in [0.05, 0.1) is 35.0 Å². The van der Waals surface area contributed by atoms with Gasteiger partial charge in [0.1, 0.15) is 11.3 Å². The molecular formula is C26H25ClN8. The van der Waals surface area contributed by atoms with Gasteiger partial charge in [-0.05, 0) is 17.7 Å². The van der Waals surface area contributed by atoms with Gasteiger partial charge in [0, 0.05) is 63.3 Å². The number of halogens is 1. The molecule has 0 atom stereocenters. The number of hydrogen-bond acceptors (Lipinski definition) is 6. The van der Waals surface area contributed by atoms with E-state index in [1.165, 1.54) is 5.56 Å². The predicted octanol–water partition coefficient (Wildman–Crippen LogP) is 4.17. The molecule has 0 aliphatic carbocycles. The molecule has 0 amide bonds. The number of nitrogens with zero attached hydrogens (tertiary/aromatic N) is 8. The van der Waals surface area contributed by atoms with E-state index >= 15 is 0 Å². The van der Waals surface area contributed by atoms with E-state index in [2.05, 4.69) is 62.5 Å². The fraction of sp³-hybridized carbons (Fsp3) is 0.231. The summed E-state index contributed by atoms with van der Waals surface area (Å²) in [6.07, 6.45) is 9.12. The fourth-order valence-corrected chi connectivity index (χ4v) is 4.78. The standard InChI is InChI=1S/C26H25ClN8/c1-32-17-21(14-29-32)23-18-35-26(22(27)15-30-35)25(31-23)20-7-8-24(28-13-20)34-11-9-33(10-12-34)16-19-5-3-2-4-6-19/h2-8,13-15,17-18H,9-12,16H2,1H3. The van der Waals surface area contributed by atoms with Crippen molar-refractivity contribution >= 4 is 22.9 Å². The summed E-state index contributed by atoms with van der Waals surface area (Å²) in [5.74, 6) is 0.979. The second-order valence-electron chi connectivity index (χ2n) is 8.82. The number of aromatic nitrogens is 6. The lowest BCUT2D eigenvalue weighted by molar-refractivity contribution is 0.249. The Morgan fingerprint density at radius 1 is 0.857 bits per heavy atom. The largest absolute Gasteiger partial charge is 0.354 e. The van der Waals surface area contributed by atoms with Crippen molar-refractivity contribution in [3.8, 4) is 22.5 Å². The SMILES string of the molecule is Cn1cc(-c2cn3ncc(Cl)c3c(-c3ccc(N4CCN(Cc5ccccc5)CC4)nc3)n2)cn1. The summed E-state index contributed by atoms with van der Waals surface area (Å²) in [5, 5.41) is 9.24. The average molecular weight is 485 g/mol. The van der Waals surface area contributed by atoms with Crippen molar-refractivity contribution in [1.29, 1.82) is 0 Å². The highest BCUT2D eigenvalue weighted by atomic mass is 35.5. The van der Waals surface area contributed by atoms with Crippen LogP contribution < -0.4 is 4.90 Å². The number of pyridine rings is 1. The van der Waals surface area contributed by atoms with Crippen LogP contribution in [0.4, 0.5) is 5.82 Å². The molecule has 8 nitrogen and oxygen atoms in total. The molecule has 9 heteroatoms. The van der Waals surface area contributed by atoms with Crippen LogP contribution in [0.1, 0.15) is 5.56 Å². The van der Waals surface area contributed by atoms with Gasteiger partial charge in [-0.15, -0.1) is 0 Å². The van der Waals surface area contributed by atoms with Gasteiger partial charge in [-0.1, -0.05) is 41.9 Å². The third-order valence-electron chi connectivity index (χ3n) is 6.42. The highest BCUT2D eigenvalue weighted by Gasteiger charge is 2.19. The molecule has 0 bridgehead atoms. The lowest BCUT2D eigenvalue weighted by atomic mass is 10.1. The van der Waals surface area contributed by atoms with E-state index < -0.39 is 0 Å². The Bertz CT molecular complexity index is 1450. The summed E-state index contributed by atoms with van der Waals surface area (Å²) in [6.45, 7) is 4.92. The molecule has 0 radical (unpaired) electrons. The van der Waals surface area contributed by atoms with Gasteiger partial charge >= 0.3 is 0 Å². The maximum Gasteiger partial charge on any atom is 0.128 e. The number of rotatable bonds is 5. The summed E-state index contributed by atoms with van der Waals surface area (Å²) in [5.41, 5.74) is 5.46. The minimum absolute atomic E-state index is 0.559. The molecular weight excluding hydrogens is 460 g/mol. The van der Waals surface area contributed by atoms with Crippen LogP contribution in [0.25, 0.3) is 28.0 Å². The van der Waals surface area contributed by atoms with E-state index in [-0.39, 0.29) is 0 Å². The van der Waals surface area contributed by atoms with Gasteiger partial charge in [0.2, 0.25) is 0 Å². The smallest absolute Gasteiger partial charge is 0.128 e. The van der Waals surface area contributed by atoms with E-state index in [1.807, 2.05) is 25.6 Å². The first kappa shape index (κ1) is 21.8. The minimum atomic E-state index is 0.559. The lowest BCUT2D eigenvalue weighted by Gasteiger charge is -2.35. The van der Waals surface area contributed by atoms with Crippen LogP contribution in [0, 0.1) is 0 Å². The maximum atomic E-state index is 6.48. The summed E-state index contributed by atoms with van der Waals surface area (Å²) in [4.78, 5) is 14.5. The number of aryl methyl sites for hydroxylation is 1. The average Bonchev–Trinajstić information content (AvgIpc) is 3.50. The third-order valence-corrected chi connectivity index (χ3v) is 6.70. The van der Waals surface area contributed by atoms with E-state index in [0.29, 0.717) is 5.02 Å². The van der Waals surface area contributed by atoms with Gasteiger partial charge in [-0.25, -0.2) is 14.5 Å². The molecule has 0 spiro atoms. The summed E-state index contributed by atoms with van der Waals surface area (Å²) < 4.78 is 3.53. The van der Waals surface area contributed by atoms with Crippen molar-refractivity contribution in [2.75, 3.05) is 31.1 Å². The van der Waals surface area contributed by atoms with E-state index in [9.17, 15) is 0 Å². The number of benzene rings is 1. The molecule has 4 aromatic heterocycles. The fourth-order valence-electron chi connectivity index (χ4n) is 4.56. The van der Waals surface area contributed by atoms with Crippen LogP contribution in [0.3, 0.4) is 0 Å². The zero-order chi connectivity index (χ0) is 23.8. The Labute approximate surface area is 208 Å². The molecule has 0 unspecified atom stereocenters. The molecule has 35 heavy (non-hydrogen) atoms. The normalized spacial score (nSPS) is 14.6. The molecule has 1 saturated heterocycles. The zero-order valence-electron chi connectivity index (χ0n) is 19.4. The highest BCUT2D eigenvalue weighted by Crippen LogP contribution is 2.31. The Hall–Kier alpha value is -3.75. The second-order valence-corrected chi connectivity index (χ2v) is 9.22. The first-order valence-corrected chi connectivity index (χ1v) is 12.0. The van der Waals surface area contributed by atoms with Gasteiger partial charge in [-0.3, -0.25) is 9.58 Å². The van der Waals surface area contributed by atoms with Gasteiger partial charge in [-0.2, -0.15) is 10.2 Å². The van der Waals surface area contributed by atoms with Crippen LogP contribution in [0.15, 0.2) is 73.4 Å². The minimum Gasteiger partial charge on any atom is -0.354 e. The number of piperazine rings is 1. The van der Waals surface area contributed by atoms with Crippen molar-refractivity contribution in [3.05, 3.63) is 84.0 Å². The quantitative estimate of drug-likeness (QED) is 0.373. The van der Waals surface area contributed by atoms with Crippen LogP contribution in [0.5, 0.6) is 0 Å². The third kappa shape index (κ3) is 4.38. The first-order valence-electron chi connectivity index (χ1n) is 11.6. The van der Waals surface area contributed by atoms with Gasteiger partial charge < -0.3 is 4.90 Å². The van der Waals surface area contributed by atoms with Crippen molar-refractivity contribution in [1.82, 2.24) is 34.3 Å². The zero-order valence-corrected chi connectivity index (χ0v) is 20.2. The number of hydrogen-bond donors (Lipinski definition) is 0. The molecule has 1 aliphatic heterocycles. The van der Waals surface area contributed by atoms with E-state index in [4.69, 9.17) is 21.6 Å². The van der Waals surface area contributed by atoms with E-state index in [1.54, 1.807) is 21.6 Å². The molecule has 1 fully saturated rings. The molecule has 176 valence electrons. The molecule has 0 saturated carbocycles. The molecule has 5 heterocycles. The molecule has 1 aromatic carbocycles. The van der Waals surface area contributed by atoms with Crippen molar-refractivity contribution in [3.63, 3.8) is 0 Å². The van der Waals surface area contributed by atoms with E-state index in [0.717, 1.165) is 66.6 Å². The van der Waals surface area contributed by atoms with Crippen LogP contribution >= 0.6 is 11.6 Å². The van der Waals surface area contributed by atoms with Gasteiger partial charge in [0.25, 0.3) is 0 Å². The van der Waals surface area contributed by atoms with Crippen LogP contribution in [-0.4, -0.2) is 60.4 Å². The lowest BCUT2D eigenvalue weighted by Crippen LogP contribution is -2.46. The summed E-state index contributed by atoms with van der Waals surface area (Å²) in [6, 6.07) is 14.8. The Morgan fingerprint density at radius 3 is 2.40 bits per heavy atom. The Balaban J connectivity index is 1.23. The highest BCUT2D eigenvalue weighted by molar-refractivity contribution is 6.34. The first-order chi connectivity index (χ1) is 17.1. The number of anilines is 1. The van der Waals surface area contributed by atoms with Crippen molar-refractivity contribution < 1.29 is 0 Å². The molecule has 0 N–H and O–H groups in total.